The van der Waals surface area contributed by atoms with Gasteiger partial charge in [0.2, 0.25) is 0 Å². The molecule has 0 spiro atoms. The van der Waals surface area contributed by atoms with Crippen molar-refractivity contribution in [2.45, 2.75) is 13.2 Å². The molecule has 0 aromatic heterocycles. The van der Waals surface area contributed by atoms with E-state index in [-0.39, 0.29) is 24.7 Å². The first-order chi connectivity index (χ1) is 9.65. The van der Waals surface area contributed by atoms with E-state index in [0.717, 1.165) is 5.56 Å². The molecule has 2 rings (SSSR count). The third-order valence-electron chi connectivity index (χ3n) is 2.69. The molecule has 3 N–H and O–H groups in total. The lowest BCUT2D eigenvalue weighted by Crippen LogP contribution is -2.23. The van der Waals surface area contributed by atoms with Gasteiger partial charge in [-0.25, -0.2) is 4.79 Å². The summed E-state index contributed by atoms with van der Waals surface area (Å²) in [7, 11) is 0. The fourth-order valence-electron chi connectivity index (χ4n) is 1.63. The van der Waals surface area contributed by atoms with E-state index in [0.29, 0.717) is 5.56 Å². The van der Waals surface area contributed by atoms with Gasteiger partial charge in [-0.05, 0) is 23.3 Å². The van der Waals surface area contributed by atoms with Crippen LogP contribution in [-0.4, -0.2) is 16.3 Å². The van der Waals surface area contributed by atoms with Crippen LogP contribution in [0.5, 0.6) is 11.5 Å². The highest BCUT2D eigenvalue weighted by Gasteiger charge is 2.04. The van der Waals surface area contributed by atoms with Crippen LogP contribution >= 0.6 is 0 Å². The Morgan fingerprint density at radius 2 is 1.75 bits per heavy atom. The third kappa shape index (κ3) is 3.91. The number of amides is 1. The van der Waals surface area contributed by atoms with Crippen molar-refractivity contribution in [3.63, 3.8) is 0 Å². The van der Waals surface area contributed by atoms with E-state index in [9.17, 15) is 9.90 Å². The minimum absolute atomic E-state index is 0.194. The van der Waals surface area contributed by atoms with Gasteiger partial charge in [-0.1, -0.05) is 36.4 Å². The molecule has 0 aliphatic heterocycles. The van der Waals surface area contributed by atoms with E-state index < -0.39 is 6.09 Å². The minimum atomic E-state index is -0.540. The monoisotopic (exact) mass is 273 g/mol. The average molecular weight is 273 g/mol. The van der Waals surface area contributed by atoms with E-state index in [1.54, 1.807) is 6.07 Å². The van der Waals surface area contributed by atoms with Gasteiger partial charge in [0.1, 0.15) is 6.61 Å². The molecule has 20 heavy (non-hydrogen) atoms. The number of aromatic hydroxyl groups is 2. The Morgan fingerprint density at radius 1 is 1.00 bits per heavy atom. The summed E-state index contributed by atoms with van der Waals surface area (Å²) in [5.41, 5.74) is 1.57. The Kier molecular flexibility index (Phi) is 4.44. The molecule has 0 aliphatic carbocycles. The van der Waals surface area contributed by atoms with Gasteiger partial charge in [-0.2, -0.15) is 0 Å². The Morgan fingerprint density at radius 3 is 2.45 bits per heavy atom. The molecule has 5 heteroatoms. The summed E-state index contributed by atoms with van der Waals surface area (Å²) in [6.45, 7) is 0.412. The molecule has 0 bridgehead atoms. The van der Waals surface area contributed by atoms with Gasteiger partial charge in [0.15, 0.2) is 11.5 Å². The van der Waals surface area contributed by atoms with Crippen LogP contribution in [0.3, 0.4) is 0 Å². The first kappa shape index (κ1) is 13.7. The van der Waals surface area contributed by atoms with Crippen molar-refractivity contribution < 1.29 is 19.7 Å². The van der Waals surface area contributed by atoms with Crippen molar-refractivity contribution in [2.24, 2.45) is 0 Å². The number of phenolic OH excluding ortho intramolecular Hbond substituents is 2. The summed E-state index contributed by atoms with van der Waals surface area (Å²) < 4.78 is 5.04. The van der Waals surface area contributed by atoms with Crippen molar-refractivity contribution in [3.8, 4) is 11.5 Å². The maximum absolute atomic E-state index is 11.5. The number of benzene rings is 2. The van der Waals surface area contributed by atoms with Crippen LogP contribution in [0, 0.1) is 0 Å². The molecule has 0 saturated heterocycles. The number of phenols is 2. The van der Waals surface area contributed by atoms with E-state index in [1.807, 2.05) is 30.3 Å². The highest BCUT2D eigenvalue weighted by molar-refractivity contribution is 5.67. The fourth-order valence-corrected chi connectivity index (χ4v) is 1.63. The summed E-state index contributed by atoms with van der Waals surface area (Å²) in [5.74, 6) is -0.414. The first-order valence-corrected chi connectivity index (χ1v) is 6.10. The highest BCUT2D eigenvalue weighted by atomic mass is 16.5. The number of hydrogen-bond acceptors (Lipinski definition) is 4. The van der Waals surface area contributed by atoms with Gasteiger partial charge in [-0.3, -0.25) is 0 Å². The quantitative estimate of drug-likeness (QED) is 0.748. The molecular formula is C15H15NO4. The number of nitrogens with one attached hydrogen (secondary N) is 1. The van der Waals surface area contributed by atoms with E-state index >= 15 is 0 Å². The molecule has 0 unspecified atom stereocenters. The normalized spacial score (nSPS) is 10.0. The van der Waals surface area contributed by atoms with Crippen LogP contribution in [0.25, 0.3) is 0 Å². The van der Waals surface area contributed by atoms with Crippen LogP contribution in [0.2, 0.25) is 0 Å². The topological polar surface area (TPSA) is 78.8 Å². The van der Waals surface area contributed by atoms with Crippen molar-refractivity contribution in [3.05, 3.63) is 59.7 Å². The van der Waals surface area contributed by atoms with E-state index in [2.05, 4.69) is 5.32 Å². The van der Waals surface area contributed by atoms with Crippen LogP contribution in [0.1, 0.15) is 11.1 Å². The van der Waals surface area contributed by atoms with Gasteiger partial charge < -0.3 is 20.3 Å². The Labute approximate surface area is 116 Å². The molecule has 0 aliphatic rings. The number of rotatable bonds is 4. The fraction of sp³-hybridized carbons (Fsp3) is 0.133. The zero-order valence-corrected chi connectivity index (χ0v) is 10.7. The highest BCUT2D eigenvalue weighted by Crippen LogP contribution is 2.24. The average Bonchev–Trinajstić information content (AvgIpc) is 2.47. The van der Waals surface area contributed by atoms with Crippen molar-refractivity contribution in [1.82, 2.24) is 5.32 Å². The molecule has 0 fully saturated rings. The summed E-state index contributed by atoms with van der Waals surface area (Å²) >= 11 is 0. The maximum Gasteiger partial charge on any atom is 0.407 e. The molecule has 104 valence electrons. The van der Waals surface area contributed by atoms with Gasteiger partial charge in [0, 0.05) is 6.54 Å². The Balaban J connectivity index is 1.79. The third-order valence-corrected chi connectivity index (χ3v) is 2.69. The van der Waals surface area contributed by atoms with Crippen molar-refractivity contribution in [1.29, 1.82) is 0 Å². The molecule has 2 aromatic rings. The molecule has 0 saturated carbocycles. The summed E-state index contributed by atoms with van der Waals surface area (Å²) in [6, 6.07) is 13.7. The van der Waals surface area contributed by atoms with Gasteiger partial charge in [0.05, 0.1) is 0 Å². The second-order valence-electron chi connectivity index (χ2n) is 4.24. The van der Waals surface area contributed by atoms with Crippen LogP contribution in [0.15, 0.2) is 48.5 Å². The number of carbonyl (C=O) groups excluding carboxylic acids is 1. The SMILES string of the molecule is O=C(NCc1ccc(O)c(O)c1)OCc1ccccc1. The first-order valence-electron chi connectivity index (χ1n) is 6.10. The van der Waals surface area contributed by atoms with Crippen LogP contribution in [-0.2, 0) is 17.9 Å². The molecule has 0 atom stereocenters. The predicted molar refractivity (Wildman–Crippen MR) is 73.2 cm³/mol. The standard InChI is InChI=1S/C15H15NO4/c17-13-7-6-12(8-14(13)18)9-16-15(19)20-10-11-4-2-1-3-5-11/h1-8,17-18H,9-10H2,(H,16,19). The molecule has 2 aromatic carbocycles. The number of ether oxygens (including phenoxy) is 1. The minimum Gasteiger partial charge on any atom is -0.504 e. The Hall–Kier alpha value is -2.69. The second kappa shape index (κ2) is 6.47. The molecule has 0 radical (unpaired) electrons. The summed E-state index contributed by atoms with van der Waals surface area (Å²) in [5, 5.41) is 21.1. The van der Waals surface area contributed by atoms with Crippen molar-refractivity contribution >= 4 is 6.09 Å². The molecule has 1 amide bonds. The lowest BCUT2D eigenvalue weighted by Gasteiger charge is -2.08. The summed E-state index contributed by atoms with van der Waals surface area (Å²) in [4.78, 5) is 11.5. The smallest absolute Gasteiger partial charge is 0.407 e. The van der Waals surface area contributed by atoms with E-state index in [4.69, 9.17) is 9.84 Å². The van der Waals surface area contributed by atoms with Gasteiger partial charge in [0.25, 0.3) is 0 Å². The molecular weight excluding hydrogens is 258 g/mol. The molecule has 5 nitrogen and oxygen atoms in total. The Bertz CT molecular complexity index is 584. The van der Waals surface area contributed by atoms with Gasteiger partial charge >= 0.3 is 6.09 Å². The van der Waals surface area contributed by atoms with Crippen LogP contribution in [0.4, 0.5) is 4.79 Å². The zero-order chi connectivity index (χ0) is 14.4. The van der Waals surface area contributed by atoms with Crippen LogP contribution < -0.4 is 5.32 Å². The molecule has 0 heterocycles. The second-order valence-corrected chi connectivity index (χ2v) is 4.24. The predicted octanol–water partition coefficient (Wildman–Crippen LogP) is 2.52. The van der Waals surface area contributed by atoms with Crippen molar-refractivity contribution in [2.75, 3.05) is 0 Å². The largest absolute Gasteiger partial charge is 0.504 e. The zero-order valence-electron chi connectivity index (χ0n) is 10.7. The lowest BCUT2D eigenvalue weighted by atomic mass is 10.2. The van der Waals surface area contributed by atoms with Gasteiger partial charge in [-0.15, -0.1) is 0 Å². The number of carbonyl (C=O) groups is 1. The number of hydrogen-bond donors (Lipinski definition) is 3. The lowest BCUT2D eigenvalue weighted by molar-refractivity contribution is 0.139. The number of alkyl carbamates (subject to hydrolysis) is 1. The maximum atomic E-state index is 11.5. The summed E-state index contributed by atoms with van der Waals surface area (Å²) in [6.07, 6.45) is -0.540. The van der Waals surface area contributed by atoms with E-state index in [1.165, 1.54) is 12.1 Å².